The maximum absolute atomic E-state index is 13.2. The van der Waals surface area contributed by atoms with Crippen LogP contribution in [0.2, 0.25) is 0 Å². The third kappa shape index (κ3) is 3.32. The van der Waals surface area contributed by atoms with Gasteiger partial charge in [0.2, 0.25) is 5.91 Å². The molecule has 3 rings (SSSR count). The van der Waals surface area contributed by atoms with Gasteiger partial charge in [-0.3, -0.25) is 4.79 Å². The lowest BCUT2D eigenvalue weighted by atomic mass is 9.90. The maximum atomic E-state index is 13.2. The van der Waals surface area contributed by atoms with Gasteiger partial charge in [0.15, 0.2) is 0 Å². The van der Waals surface area contributed by atoms with Crippen LogP contribution in [0.4, 0.5) is 5.69 Å². The lowest BCUT2D eigenvalue weighted by molar-refractivity contribution is -0.118. The number of benzene rings is 3. The number of hydrogen-bond donors (Lipinski definition) is 0. The molecule has 0 aromatic heterocycles. The molecule has 0 fully saturated rings. The van der Waals surface area contributed by atoms with E-state index in [1.54, 1.807) is 4.90 Å². The van der Waals surface area contributed by atoms with Gasteiger partial charge in [-0.25, -0.2) is 0 Å². The summed E-state index contributed by atoms with van der Waals surface area (Å²) in [5.74, 6) is -0.240. The summed E-state index contributed by atoms with van der Waals surface area (Å²) < 4.78 is 0. The number of nitrogens with zero attached hydrogens (tertiary/aromatic N) is 1. The van der Waals surface area contributed by atoms with E-state index in [4.69, 9.17) is 0 Å². The molecule has 23 heavy (non-hydrogen) atoms. The first kappa shape index (κ1) is 15.0. The normalized spacial score (nSPS) is 10.5. The summed E-state index contributed by atoms with van der Waals surface area (Å²) >= 11 is 0. The predicted molar refractivity (Wildman–Crippen MR) is 94.6 cm³/mol. The summed E-state index contributed by atoms with van der Waals surface area (Å²) in [5, 5.41) is 0. The zero-order valence-corrected chi connectivity index (χ0v) is 13.1. The van der Waals surface area contributed by atoms with Crippen LogP contribution in [-0.4, -0.2) is 13.0 Å². The molecule has 2 nitrogen and oxygen atoms in total. The van der Waals surface area contributed by atoms with E-state index in [0.29, 0.717) is 0 Å². The fourth-order valence-corrected chi connectivity index (χ4v) is 2.74. The highest BCUT2D eigenvalue weighted by molar-refractivity contribution is 5.99. The molecule has 0 atom stereocenters. The minimum Gasteiger partial charge on any atom is -0.315 e. The van der Waals surface area contributed by atoms with Crippen LogP contribution in [0.25, 0.3) is 0 Å². The van der Waals surface area contributed by atoms with E-state index < -0.39 is 0 Å². The number of carbonyl (C=O) groups excluding carboxylic acids is 1. The molecule has 3 aromatic rings. The van der Waals surface area contributed by atoms with Gasteiger partial charge >= 0.3 is 0 Å². The Morgan fingerprint density at radius 3 is 1.52 bits per heavy atom. The van der Waals surface area contributed by atoms with Crippen LogP contribution >= 0.6 is 0 Å². The number of amides is 1. The monoisotopic (exact) mass is 301 g/mol. The summed E-state index contributed by atoms with van der Waals surface area (Å²) in [6.07, 6.45) is 0. The highest BCUT2D eigenvalue weighted by Gasteiger charge is 2.26. The largest absolute Gasteiger partial charge is 0.315 e. The van der Waals surface area contributed by atoms with E-state index in [1.807, 2.05) is 98.0 Å². The summed E-state index contributed by atoms with van der Waals surface area (Å²) in [7, 11) is 1.83. The topological polar surface area (TPSA) is 20.3 Å². The van der Waals surface area contributed by atoms with E-state index in [1.165, 1.54) is 0 Å². The molecule has 0 saturated heterocycles. The molecular formula is C21H19NO. The quantitative estimate of drug-likeness (QED) is 0.695. The van der Waals surface area contributed by atoms with E-state index in [9.17, 15) is 4.79 Å². The van der Waals surface area contributed by atoms with E-state index in [-0.39, 0.29) is 11.8 Å². The van der Waals surface area contributed by atoms with Gasteiger partial charge in [0.25, 0.3) is 0 Å². The van der Waals surface area contributed by atoms with Gasteiger partial charge in [-0.2, -0.15) is 0 Å². The van der Waals surface area contributed by atoms with Crippen LogP contribution in [0, 0.1) is 0 Å². The lowest BCUT2D eigenvalue weighted by Crippen LogP contribution is -2.32. The van der Waals surface area contributed by atoms with Crippen molar-refractivity contribution in [3.8, 4) is 0 Å². The van der Waals surface area contributed by atoms with Crippen LogP contribution in [0.15, 0.2) is 91.0 Å². The standard InChI is InChI=1S/C21H19NO/c1-22(19-15-9-4-10-16-19)21(23)20(17-11-5-2-6-12-17)18-13-7-3-8-14-18/h2-16,20H,1H3. The molecule has 0 aliphatic carbocycles. The predicted octanol–water partition coefficient (Wildman–Crippen LogP) is 4.48. The average Bonchev–Trinajstić information content (AvgIpc) is 2.64. The number of hydrogen-bond acceptors (Lipinski definition) is 1. The fraction of sp³-hybridized carbons (Fsp3) is 0.0952. The van der Waals surface area contributed by atoms with Gasteiger partial charge < -0.3 is 4.90 Å². The molecule has 0 spiro atoms. The smallest absolute Gasteiger partial charge is 0.238 e. The minimum absolute atomic E-state index is 0.0635. The Kier molecular flexibility index (Phi) is 4.53. The van der Waals surface area contributed by atoms with Crippen LogP contribution in [0.3, 0.4) is 0 Å². The fourth-order valence-electron chi connectivity index (χ4n) is 2.74. The van der Waals surface area contributed by atoms with Gasteiger partial charge in [0.1, 0.15) is 0 Å². The first-order valence-electron chi connectivity index (χ1n) is 7.70. The van der Waals surface area contributed by atoms with Crippen molar-refractivity contribution in [2.45, 2.75) is 5.92 Å². The Labute approximate surface area is 137 Å². The molecule has 0 N–H and O–H groups in total. The molecular weight excluding hydrogens is 282 g/mol. The van der Waals surface area contributed by atoms with Crippen molar-refractivity contribution in [3.63, 3.8) is 0 Å². The lowest BCUT2D eigenvalue weighted by Gasteiger charge is -2.24. The van der Waals surface area contributed by atoms with Crippen molar-refractivity contribution in [1.29, 1.82) is 0 Å². The van der Waals surface area contributed by atoms with Crippen molar-refractivity contribution in [2.75, 3.05) is 11.9 Å². The SMILES string of the molecule is CN(C(=O)C(c1ccccc1)c1ccccc1)c1ccccc1. The second-order valence-electron chi connectivity index (χ2n) is 5.49. The third-order valence-corrected chi connectivity index (χ3v) is 3.99. The molecule has 3 aromatic carbocycles. The molecule has 0 aliphatic rings. The Hall–Kier alpha value is -2.87. The van der Waals surface area contributed by atoms with Crippen LogP contribution < -0.4 is 4.90 Å². The van der Waals surface area contributed by atoms with Gasteiger partial charge in [-0.1, -0.05) is 78.9 Å². The van der Waals surface area contributed by atoms with E-state index in [0.717, 1.165) is 16.8 Å². The zero-order chi connectivity index (χ0) is 16.1. The van der Waals surface area contributed by atoms with Crippen molar-refractivity contribution in [3.05, 3.63) is 102 Å². The van der Waals surface area contributed by atoms with Crippen LogP contribution in [0.1, 0.15) is 17.0 Å². The number of rotatable bonds is 4. The summed E-state index contributed by atoms with van der Waals surface area (Å²) in [6.45, 7) is 0. The highest BCUT2D eigenvalue weighted by atomic mass is 16.2. The van der Waals surface area contributed by atoms with Gasteiger partial charge in [-0.15, -0.1) is 0 Å². The van der Waals surface area contributed by atoms with E-state index >= 15 is 0 Å². The number of carbonyl (C=O) groups is 1. The number of likely N-dealkylation sites (N-methyl/N-ethyl adjacent to an activating group) is 1. The van der Waals surface area contributed by atoms with Crippen LogP contribution in [-0.2, 0) is 4.79 Å². The van der Waals surface area contributed by atoms with Gasteiger partial charge in [0, 0.05) is 12.7 Å². The Balaban J connectivity index is 2.00. The van der Waals surface area contributed by atoms with Crippen molar-refractivity contribution in [1.82, 2.24) is 0 Å². The second kappa shape index (κ2) is 6.93. The molecule has 114 valence electrons. The van der Waals surface area contributed by atoms with Crippen molar-refractivity contribution in [2.24, 2.45) is 0 Å². The Bertz CT molecular complexity index is 714. The average molecular weight is 301 g/mol. The molecule has 0 heterocycles. The molecule has 0 bridgehead atoms. The van der Waals surface area contributed by atoms with Gasteiger partial charge in [-0.05, 0) is 23.3 Å². The maximum Gasteiger partial charge on any atom is 0.238 e. The zero-order valence-electron chi connectivity index (χ0n) is 13.1. The second-order valence-corrected chi connectivity index (χ2v) is 5.49. The van der Waals surface area contributed by atoms with Crippen molar-refractivity contribution >= 4 is 11.6 Å². The highest BCUT2D eigenvalue weighted by Crippen LogP contribution is 2.28. The number of para-hydroxylation sites is 1. The molecule has 0 radical (unpaired) electrons. The molecule has 0 unspecified atom stereocenters. The number of anilines is 1. The first-order valence-corrected chi connectivity index (χ1v) is 7.70. The van der Waals surface area contributed by atoms with E-state index in [2.05, 4.69) is 0 Å². The molecule has 1 amide bonds. The summed E-state index contributed by atoms with van der Waals surface area (Å²) in [4.78, 5) is 14.9. The van der Waals surface area contributed by atoms with Crippen LogP contribution in [0.5, 0.6) is 0 Å². The molecule has 0 aliphatic heterocycles. The molecule has 2 heteroatoms. The Morgan fingerprint density at radius 2 is 1.09 bits per heavy atom. The van der Waals surface area contributed by atoms with Gasteiger partial charge in [0.05, 0.1) is 5.92 Å². The Morgan fingerprint density at radius 1 is 0.696 bits per heavy atom. The summed E-state index contributed by atoms with van der Waals surface area (Å²) in [6, 6.07) is 29.6. The minimum atomic E-state index is -0.303. The first-order chi connectivity index (χ1) is 11.3. The summed E-state index contributed by atoms with van der Waals surface area (Å²) in [5.41, 5.74) is 2.91. The molecule has 0 saturated carbocycles. The van der Waals surface area contributed by atoms with Crippen molar-refractivity contribution < 1.29 is 4.79 Å². The third-order valence-electron chi connectivity index (χ3n) is 3.99.